The van der Waals surface area contributed by atoms with Crippen LogP contribution in [0.2, 0.25) is 0 Å². The lowest BCUT2D eigenvalue weighted by Gasteiger charge is -2.24. The van der Waals surface area contributed by atoms with Crippen molar-refractivity contribution in [2.75, 3.05) is 5.32 Å². The maximum Gasteiger partial charge on any atom is 0.270 e. The molecule has 122 valence electrons. The summed E-state index contributed by atoms with van der Waals surface area (Å²) in [5.41, 5.74) is 2.52. The highest BCUT2D eigenvalue weighted by Crippen LogP contribution is 2.39. The molecule has 1 saturated carbocycles. The molecule has 0 aromatic carbocycles. The van der Waals surface area contributed by atoms with Crippen LogP contribution >= 0.6 is 0 Å². The molecule has 4 rings (SSSR count). The zero-order valence-electron chi connectivity index (χ0n) is 13.4. The summed E-state index contributed by atoms with van der Waals surface area (Å²) in [5.74, 6) is 0.391. The maximum absolute atomic E-state index is 12.6. The fourth-order valence-electron chi connectivity index (χ4n) is 3.94. The van der Waals surface area contributed by atoms with E-state index in [-0.39, 0.29) is 29.8 Å². The third-order valence-corrected chi connectivity index (χ3v) is 5.30. The van der Waals surface area contributed by atoms with E-state index >= 15 is 0 Å². The first-order chi connectivity index (χ1) is 11.1. The normalized spacial score (nSPS) is 21.5. The van der Waals surface area contributed by atoms with Crippen molar-refractivity contribution in [3.05, 3.63) is 33.4 Å². The second-order valence-corrected chi connectivity index (χ2v) is 6.63. The van der Waals surface area contributed by atoms with Crippen LogP contribution in [0.1, 0.15) is 60.9 Å². The Morgan fingerprint density at radius 1 is 1.26 bits per heavy atom. The van der Waals surface area contributed by atoms with Crippen LogP contribution in [-0.2, 0) is 11.8 Å². The van der Waals surface area contributed by atoms with Gasteiger partial charge in [0, 0.05) is 30.6 Å². The van der Waals surface area contributed by atoms with E-state index in [1.807, 2.05) is 18.7 Å². The van der Waals surface area contributed by atoms with Crippen molar-refractivity contribution in [2.45, 2.75) is 51.0 Å². The predicted molar refractivity (Wildman–Crippen MR) is 85.6 cm³/mol. The number of nitrogens with one attached hydrogen (secondary N) is 2. The molecule has 1 aliphatic carbocycles. The number of H-pyrrole nitrogens is 1. The topological polar surface area (TPSA) is 84.7 Å². The van der Waals surface area contributed by atoms with Gasteiger partial charge in [0.2, 0.25) is 5.91 Å². The van der Waals surface area contributed by atoms with Crippen molar-refractivity contribution in [1.82, 2.24) is 19.6 Å². The van der Waals surface area contributed by atoms with Gasteiger partial charge in [0.1, 0.15) is 5.82 Å². The van der Waals surface area contributed by atoms with Crippen molar-refractivity contribution in [1.29, 1.82) is 0 Å². The lowest BCUT2D eigenvalue weighted by Crippen LogP contribution is -2.27. The first kappa shape index (κ1) is 14.3. The summed E-state index contributed by atoms with van der Waals surface area (Å²) in [6.07, 6.45) is 6.48. The van der Waals surface area contributed by atoms with Crippen molar-refractivity contribution < 1.29 is 4.79 Å². The summed E-state index contributed by atoms with van der Waals surface area (Å²) < 4.78 is 3.67. The van der Waals surface area contributed by atoms with E-state index < -0.39 is 0 Å². The third kappa shape index (κ3) is 2.14. The maximum atomic E-state index is 12.6. The molecule has 3 heterocycles. The molecular weight excluding hydrogens is 294 g/mol. The monoisotopic (exact) mass is 315 g/mol. The van der Waals surface area contributed by atoms with Gasteiger partial charge in [-0.1, -0.05) is 12.8 Å². The number of nitrogens with zero attached hydrogens (tertiary/aromatic N) is 3. The summed E-state index contributed by atoms with van der Waals surface area (Å²) in [7, 11) is 1.87. The van der Waals surface area contributed by atoms with Crippen molar-refractivity contribution in [3.8, 4) is 0 Å². The van der Waals surface area contributed by atoms with Crippen molar-refractivity contribution in [2.24, 2.45) is 7.05 Å². The first-order valence-corrected chi connectivity index (χ1v) is 8.19. The van der Waals surface area contributed by atoms with Crippen LogP contribution in [0.5, 0.6) is 0 Å². The van der Waals surface area contributed by atoms with Gasteiger partial charge in [-0.15, -0.1) is 0 Å². The summed E-state index contributed by atoms with van der Waals surface area (Å²) in [6, 6.07) is 0.278. The number of hydrogen-bond donors (Lipinski definition) is 2. The molecule has 7 heteroatoms. The Morgan fingerprint density at radius 2 is 2.00 bits per heavy atom. The van der Waals surface area contributed by atoms with Crippen molar-refractivity contribution >= 4 is 11.7 Å². The minimum absolute atomic E-state index is 0.0449. The summed E-state index contributed by atoms with van der Waals surface area (Å²) >= 11 is 0. The number of anilines is 1. The largest absolute Gasteiger partial charge is 0.311 e. The highest BCUT2D eigenvalue weighted by atomic mass is 16.2. The molecule has 1 atom stereocenters. The van der Waals surface area contributed by atoms with Gasteiger partial charge < -0.3 is 5.32 Å². The van der Waals surface area contributed by atoms with Gasteiger partial charge in [-0.2, -0.15) is 5.10 Å². The molecule has 2 aliphatic rings. The Labute approximate surface area is 133 Å². The number of carbonyl (C=O) groups is 1. The van der Waals surface area contributed by atoms with E-state index in [0.29, 0.717) is 11.4 Å². The van der Waals surface area contributed by atoms with Crippen molar-refractivity contribution in [3.63, 3.8) is 0 Å². The number of rotatable bonds is 2. The molecule has 0 radical (unpaired) electrons. The van der Waals surface area contributed by atoms with Crippen LogP contribution in [0.15, 0.2) is 11.0 Å². The van der Waals surface area contributed by atoms with Gasteiger partial charge in [0.05, 0.1) is 17.8 Å². The quantitative estimate of drug-likeness (QED) is 0.886. The van der Waals surface area contributed by atoms with E-state index in [2.05, 4.69) is 15.5 Å². The Hall–Kier alpha value is -2.31. The smallest absolute Gasteiger partial charge is 0.270 e. The Balaban J connectivity index is 1.86. The molecule has 1 aliphatic heterocycles. The standard InChI is InChI=1S/C16H21N5O2/c1-9-12(8-17-20(9)2)11-7-13(22)18-15-14(11)16(23)19-21(15)10-5-3-4-6-10/h8,10-11H,3-7H2,1-2H3,(H,18,22)(H,19,23)/t11-/m1/s1. The second-order valence-electron chi connectivity index (χ2n) is 6.63. The predicted octanol–water partition coefficient (Wildman–Crippen LogP) is 1.81. The number of aromatic nitrogens is 4. The number of aromatic amines is 1. The van der Waals surface area contributed by atoms with Crippen LogP contribution in [0, 0.1) is 6.92 Å². The highest BCUT2D eigenvalue weighted by molar-refractivity contribution is 5.94. The van der Waals surface area contributed by atoms with E-state index in [1.54, 1.807) is 10.9 Å². The molecule has 0 unspecified atom stereocenters. The van der Waals surface area contributed by atoms with E-state index in [0.717, 1.165) is 24.1 Å². The average Bonchev–Trinajstić information content (AvgIpc) is 3.21. The number of carbonyl (C=O) groups excluding carboxylic acids is 1. The molecule has 2 N–H and O–H groups in total. The molecule has 0 spiro atoms. The Bertz CT molecular complexity index is 822. The van der Waals surface area contributed by atoms with Crippen LogP contribution < -0.4 is 10.9 Å². The lowest BCUT2D eigenvalue weighted by molar-refractivity contribution is -0.116. The third-order valence-electron chi connectivity index (χ3n) is 5.30. The fraction of sp³-hybridized carbons (Fsp3) is 0.562. The molecule has 2 aromatic rings. The molecule has 2 aromatic heterocycles. The second kappa shape index (κ2) is 5.11. The Morgan fingerprint density at radius 3 is 2.65 bits per heavy atom. The minimum atomic E-state index is -0.223. The SMILES string of the molecule is Cc1c([C@H]2CC(=O)Nc3c2c(=O)[nH]n3C2CCCC2)cnn1C. The molecule has 0 saturated heterocycles. The number of fused-ring (bicyclic) bond motifs is 1. The van der Waals surface area contributed by atoms with Gasteiger partial charge in [0.25, 0.3) is 5.56 Å². The molecular formula is C16H21N5O2. The van der Waals surface area contributed by atoms with Gasteiger partial charge >= 0.3 is 0 Å². The van der Waals surface area contributed by atoms with Crippen LogP contribution in [0.3, 0.4) is 0 Å². The van der Waals surface area contributed by atoms with Gasteiger partial charge in [0.15, 0.2) is 0 Å². The van der Waals surface area contributed by atoms with Crippen LogP contribution in [-0.4, -0.2) is 25.5 Å². The average molecular weight is 315 g/mol. The summed E-state index contributed by atoms with van der Waals surface area (Å²) in [6.45, 7) is 1.97. The van der Waals surface area contributed by atoms with E-state index in [4.69, 9.17) is 0 Å². The zero-order chi connectivity index (χ0) is 16.1. The molecule has 23 heavy (non-hydrogen) atoms. The first-order valence-electron chi connectivity index (χ1n) is 8.19. The zero-order valence-corrected chi connectivity index (χ0v) is 13.4. The van der Waals surface area contributed by atoms with Gasteiger partial charge in [-0.3, -0.25) is 24.1 Å². The molecule has 7 nitrogen and oxygen atoms in total. The lowest BCUT2D eigenvalue weighted by atomic mass is 9.87. The molecule has 1 fully saturated rings. The Kier molecular flexibility index (Phi) is 3.18. The van der Waals surface area contributed by atoms with E-state index in [1.165, 1.54) is 12.8 Å². The number of amides is 1. The highest BCUT2D eigenvalue weighted by Gasteiger charge is 2.35. The van der Waals surface area contributed by atoms with Gasteiger partial charge in [-0.25, -0.2) is 0 Å². The summed E-state index contributed by atoms with van der Waals surface area (Å²) in [5, 5.41) is 10.1. The minimum Gasteiger partial charge on any atom is -0.311 e. The van der Waals surface area contributed by atoms with Crippen LogP contribution in [0.4, 0.5) is 5.82 Å². The number of hydrogen-bond acceptors (Lipinski definition) is 3. The molecule has 0 bridgehead atoms. The number of aryl methyl sites for hydroxylation is 1. The van der Waals surface area contributed by atoms with Crippen LogP contribution in [0.25, 0.3) is 0 Å². The molecule has 1 amide bonds. The van der Waals surface area contributed by atoms with E-state index in [9.17, 15) is 9.59 Å². The summed E-state index contributed by atoms with van der Waals surface area (Å²) in [4.78, 5) is 24.8. The van der Waals surface area contributed by atoms with Gasteiger partial charge in [-0.05, 0) is 19.8 Å². The fourth-order valence-corrected chi connectivity index (χ4v) is 3.94.